The molecular formula is C21H15ClN2O5. The minimum atomic E-state index is -0.561. The number of hydrogen-bond donors (Lipinski definition) is 0. The topological polar surface area (TPSA) is 87.6 Å². The van der Waals surface area contributed by atoms with Crippen molar-refractivity contribution in [2.75, 3.05) is 0 Å². The van der Waals surface area contributed by atoms with Gasteiger partial charge in [0.05, 0.1) is 6.26 Å². The van der Waals surface area contributed by atoms with Gasteiger partial charge in [-0.2, -0.15) is 0 Å². The fourth-order valence-corrected chi connectivity index (χ4v) is 2.65. The van der Waals surface area contributed by atoms with Gasteiger partial charge in [-0.15, -0.1) is 10.2 Å². The van der Waals surface area contributed by atoms with Gasteiger partial charge in [-0.25, -0.2) is 4.79 Å². The Labute approximate surface area is 170 Å². The number of furan rings is 1. The van der Waals surface area contributed by atoms with Crippen molar-refractivity contribution in [3.63, 3.8) is 0 Å². The zero-order chi connectivity index (χ0) is 20.1. The summed E-state index contributed by atoms with van der Waals surface area (Å²) in [7, 11) is 0. The van der Waals surface area contributed by atoms with Gasteiger partial charge in [0.2, 0.25) is 0 Å². The molecule has 0 aliphatic rings. The number of rotatable bonds is 7. The maximum atomic E-state index is 12.5. The van der Waals surface area contributed by atoms with Crippen LogP contribution < -0.4 is 4.74 Å². The van der Waals surface area contributed by atoms with E-state index in [1.807, 2.05) is 12.1 Å². The summed E-state index contributed by atoms with van der Waals surface area (Å²) in [6.07, 6.45) is 1.50. The molecule has 0 saturated carbocycles. The first kappa shape index (κ1) is 18.8. The third-order valence-corrected chi connectivity index (χ3v) is 4.19. The van der Waals surface area contributed by atoms with Gasteiger partial charge in [0.15, 0.2) is 12.4 Å². The van der Waals surface area contributed by atoms with E-state index in [4.69, 9.17) is 29.9 Å². The van der Waals surface area contributed by atoms with Crippen LogP contribution in [-0.2, 0) is 18.0 Å². The molecule has 0 amide bonds. The Kier molecular flexibility index (Phi) is 5.58. The molecule has 0 fully saturated rings. The van der Waals surface area contributed by atoms with Crippen molar-refractivity contribution >= 4 is 17.6 Å². The van der Waals surface area contributed by atoms with Gasteiger partial charge in [-0.1, -0.05) is 35.9 Å². The summed E-state index contributed by atoms with van der Waals surface area (Å²) in [6, 6.07) is 17.5. The Hall–Kier alpha value is -3.58. The van der Waals surface area contributed by atoms with Crippen molar-refractivity contribution in [2.45, 2.75) is 13.2 Å². The second-order valence-electron chi connectivity index (χ2n) is 5.97. The molecule has 8 heteroatoms. The lowest BCUT2D eigenvalue weighted by molar-refractivity contribution is 0.0433. The van der Waals surface area contributed by atoms with Gasteiger partial charge < -0.3 is 18.3 Å². The third-order valence-electron chi connectivity index (χ3n) is 3.94. The first-order chi connectivity index (χ1) is 14.2. The highest BCUT2D eigenvalue weighted by Crippen LogP contribution is 2.22. The van der Waals surface area contributed by atoms with E-state index in [1.54, 1.807) is 48.5 Å². The van der Waals surface area contributed by atoms with Crippen LogP contribution in [0.5, 0.6) is 5.75 Å². The zero-order valence-corrected chi connectivity index (χ0v) is 15.8. The standard InChI is InChI=1S/C21H15ClN2O5/c22-15-9-7-14(8-10-15)12-27-17-5-2-1-4-16(17)21(25)28-13-19-23-24-20(29-19)18-6-3-11-26-18/h1-11H,12-13H2. The van der Waals surface area contributed by atoms with Gasteiger partial charge in [-0.3, -0.25) is 0 Å². The summed E-state index contributed by atoms with van der Waals surface area (Å²) in [5.74, 6) is 0.664. The predicted molar refractivity (Wildman–Crippen MR) is 103 cm³/mol. The van der Waals surface area contributed by atoms with Crippen molar-refractivity contribution in [1.29, 1.82) is 0 Å². The number of nitrogens with zero attached hydrogens (tertiary/aromatic N) is 2. The highest BCUT2D eigenvalue weighted by atomic mass is 35.5. The van der Waals surface area contributed by atoms with Crippen molar-refractivity contribution < 1.29 is 23.1 Å². The van der Waals surface area contributed by atoms with E-state index in [2.05, 4.69) is 10.2 Å². The number of aromatic nitrogens is 2. The van der Waals surface area contributed by atoms with Crippen LogP contribution in [0.1, 0.15) is 21.8 Å². The average Bonchev–Trinajstić information content (AvgIpc) is 3.44. The molecule has 2 heterocycles. The van der Waals surface area contributed by atoms with E-state index < -0.39 is 5.97 Å². The number of halogens is 1. The zero-order valence-electron chi connectivity index (χ0n) is 15.1. The Bertz CT molecular complexity index is 1090. The lowest BCUT2D eigenvalue weighted by Gasteiger charge is -2.11. The molecule has 0 aliphatic heterocycles. The Morgan fingerprint density at radius 2 is 1.79 bits per heavy atom. The lowest BCUT2D eigenvalue weighted by Crippen LogP contribution is -2.08. The first-order valence-electron chi connectivity index (χ1n) is 8.69. The van der Waals surface area contributed by atoms with Crippen molar-refractivity contribution in [3.8, 4) is 17.4 Å². The molecule has 4 aromatic rings. The fourth-order valence-electron chi connectivity index (χ4n) is 2.52. The monoisotopic (exact) mass is 410 g/mol. The second-order valence-corrected chi connectivity index (χ2v) is 6.40. The normalized spacial score (nSPS) is 10.7. The van der Waals surface area contributed by atoms with E-state index in [0.717, 1.165) is 5.56 Å². The quantitative estimate of drug-likeness (QED) is 0.399. The summed E-state index contributed by atoms with van der Waals surface area (Å²) in [5.41, 5.74) is 1.22. The Balaban J connectivity index is 1.39. The van der Waals surface area contributed by atoms with E-state index in [1.165, 1.54) is 6.26 Å². The molecular weight excluding hydrogens is 396 g/mol. The molecule has 0 N–H and O–H groups in total. The Morgan fingerprint density at radius 3 is 2.59 bits per heavy atom. The number of para-hydroxylation sites is 1. The van der Waals surface area contributed by atoms with E-state index in [-0.39, 0.29) is 25.0 Å². The third kappa shape index (κ3) is 4.64. The highest BCUT2D eigenvalue weighted by molar-refractivity contribution is 6.30. The predicted octanol–water partition coefficient (Wildman–Crippen LogP) is 4.92. The van der Waals surface area contributed by atoms with Crippen LogP contribution in [0.15, 0.2) is 75.8 Å². The highest BCUT2D eigenvalue weighted by Gasteiger charge is 2.17. The molecule has 2 aromatic carbocycles. The number of hydrogen-bond acceptors (Lipinski definition) is 7. The minimum Gasteiger partial charge on any atom is -0.488 e. The number of carbonyl (C=O) groups is 1. The van der Waals surface area contributed by atoms with E-state index in [9.17, 15) is 4.79 Å². The molecule has 0 bridgehead atoms. The molecule has 0 spiro atoms. The minimum absolute atomic E-state index is 0.157. The lowest BCUT2D eigenvalue weighted by atomic mass is 10.2. The molecule has 2 aromatic heterocycles. The smallest absolute Gasteiger partial charge is 0.342 e. The van der Waals surface area contributed by atoms with Gasteiger partial charge in [0, 0.05) is 5.02 Å². The van der Waals surface area contributed by atoms with Gasteiger partial charge in [0.1, 0.15) is 17.9 Å². The number of esters is 1. The van der Waals surface area contributed by atoms with Crippen LogP contribution in [0.2, 0.25) is 5.02 Å². The van der Waals surface area contributed by atoms with Crippen LogP contribution in [0.25, 0.3) is 11.7 Å². The Morgan fingerprint density at radius 1 is 0.966 bits per heavy atom. The van der Waals surface area contributed by atoms with Crippen LogP contribution in [-0.4, -0.2) is 16.2 Å². The van der Waals surface area contributed by atoms with E-state index in [0.29, 0.717) is 22.1 Å². The van der Waals surface area contributed by atoms with Crippen LogP contribution in [0, 0.1) is 0 Å². The van der Waals surface area contributed by atoms with Crippen LogP contribution in [0.4, 0.5) is 0 Å². The molecule has 146 valence electrons. The van der Waals surface area contributed by atoms with Gasteiger partial charge in [0.25, 0.3) is 11.8 Å². The molecule has 0 aliphatic carbocycles. The molecule has 0 unspecified atom stereocenters. The molecule has 7 nitrogen and oxygen atoms in total. The SMILES string of the molecule is O=C(OCc1nnc(-c2ccco2)o1)c1ccccc1OCc1ccc(Cl)cc1. The number of benzene rings is 2. The van der Waals surface area contributed by atoms with Gasteiger partial charge in [-0.05, 0) is 42.0 Å². The maximum Gasteiger partial charge on any atom is 0.342 e. The molecule has 4 rings (SSSR count). The van der Waals surface area contributed by atoms with Crippen molar-refractivity contribution in [1.82, 2.24) is 10.2 Å². The van der Waals surface area contributed by atoms with E-state index >= 15 is 0 Å². The summed E-state index contributed by atoms with van der Waals surface area (Å²) < 4.78 is 21.7. The maximum absolute atomic E-state index is 12.5. The molecule has 0 atom stereocenters. The summed E-state index contributed by atoms with van der Waals surface area (Å²) in [4.78, 5) is 12.5. The van der Waals surface area contributed by atoms with Gasteiger partial charge >= 0.3 is 5.97 Å². The average molecular weight is 411 g/mol. The molecule has 29 heavy (non-hydrogen) atoms. The van der Waals surface area contributed by atoms with Crippen LogP contribution >= 0.6 is 11.6 Å². The summed E-state index contributed by atoms with van der Waals surface area (Å²) in [6.45, 7) is 0.121. The first-order valence-corrected chi connectivity index (χ1v) is 9.06. The van der Waals surface area contributed by atoms with Crippen molar-refractivity contribution in [3.05, 3.63) is 89.0 Å². The summed E-state index contributed by atoms with van der Waals surface area (Å²) in [5, 5.41) is 8.35. The molecule has 0 radical (unpaired) electrons. The summed E-state index contributed by atoms with van der Waals surface area (Å²) >= 11 is 5.89. The largest absolute Gasteiger partial charge is 0.488 e. The van der Waals surface area contributed by atoms with Crippen molar-refractivity contribution in [2.24, 2.45) is 0 Å². The second kappa shape index (κ2) is 8.62. The molecule has 0 saturated heterocycles. The number of carbonyl (C=O) groups excluding carboxylic acids is 1. The fraction of sp³-hybridized carbons (Fsp3) is 0.0952. The van der Waals surface area contributed by atoms with Crippen LogP contribution in [0.3, 0.4) is 0 Å². The number of ether oxygens (including phenoxy) is 2.